The number of hydrogen-bond donors (Lipinski definition) is 0. The minimum absolute atomic E-state index is 0.0127. The van der Waals surface area contributed by atoms with Crippen LogP contribution >= 0.6 is 0 Å². The molecule has 3 atom stereocenters. The van der Waals surface area contributed by atoms with Gasteiger partial charge in [0.2, 0.25) is 0 Å². The van der Waals surface area contributed by atoms with Gasteiger partial charge in [-0.1, -0.05) is 24.3 Å². The Morgan fingerprint density at radius 2 is 1.78 bits per heavy atom. The molecule has 1 aromatic carbocycles. The zero-order valence-corrected chi connectivity index (χ0v) is 16.9. The van der Waals surface area contributed by atoms with Gasteiger partial charge in [0, 0.05) is 26.1 Å². The Balaban J connectivity index is 2.45. The Kier molecular flexibility index (Phi) is 6.84. The van der Waals surface area contributed by atoms with E-state index in [0.29, 0.717) is 6.54 Å². The van der Waals surface area contributed by atoms with E-state index in [0.717, 1.165) is 11.1 Å². The molecule has 1 amide bonds. The summed E-state index contributed by atoms with van der Waals surface area (Å²) in [6.07, 6.45) is -1.67. The lowest BCUT2D eigenvalue weighted by atomic mass is 10.1. The molecule has 0 radical (unpaired) electrons. The van der Waals surface area contributed by atoms with Gasteiger partial charge in [-0.25, -0.2) is 4.79 Å². The summed E-state index contributed by atoms with van der Waals surface area (Å²) in [6.45, 7) is 9.12. The van der Waals surface area contributed by atoms with Crippen molar-refractivity contribution in [3.63, 3.8) is 0 Å². The number of esters is 1. The molecule has 0 aromatic heterocycles. The monoisotopic (exact) mass is 379 g/mol. The van der Waals surface area contributed by atoms with Crippen LogP contribution in [-0.2, 0) is 23.7 Å². The van der Waals surface area contributed by atoms with Crippen molar-refractivity contribution < 1.29 is 28.5 Å². The molecule has 0 aliphatic heterocycles. The van der Waals surface area contributed by atoms with Crippen LogP contribution in [0.25, 0.3) is 0 Å². The molecule has 0 fully saturated rings. The second-order valence-corrected chi connectivity index (χ2v) is 7.41. The largest absolute Gasteiger partial charge is 0.455 e. The van der Waals surface area contributed by atoms with Crippen LogP contribution < -0.4 is 0 Å². The van der Waals surface area contributed by atoms with E-state index in [2.05, 4.69) is 0 Å². The molecule has 0 spiro atoms. The molecule has 0 bridgehead atoms. The Morgan fingerprint density at radius 3 is 2.30 bits per heavy atom. The Hall–Kier alpha value is -2.12. The second-order valence-electron chi connectivity index (χ2n) is 7.41. The van der Waals surface area contributed by atoms with Crippen LogP contribution in [0.2, 0.25) is 0 Å². The topological polar surface area (TPSA) is 74.3 Å². The molecule has 0 unspecified atom stereocenters. The summed E-state index contributed by atoms with van der Waals surface area (Å²) in [4.78, 5) is 26.1. The molecule has 0 saturated heterocycles. The molecule has 27 heavy (non-hydrogen) atoms. The summed E-state index contributed by atoms with van der Waals surface area (Å²) >= 11 is 0. The van der Waals surface area contributed by atoms with E-state index >= 15 is 0 Å². The summed E-state index contributed by atoms with van der Waals surface area (Å²) in [6, 6.07) is 7.10. The first-order valence-corrected chi connectivity index (χ1v) is 9.05. The highest BCUT2D eigenvalue weighted by atomic mass is 16.7. The van der Waals surface area contributed by atoms with Gasteiger partial charge in [-0.2, -0.15) is 0 Å². The summed E-state index contributed by atoms with van der Waals surface area (Å²) in [5.74, 6) is -0.415. The summed E-state index contributed by atoms with van der Waals surface area (Å²) in [5.41, 5.74) is 1.07. The fourth-order valence-electron chi connectivity index (χ4n) is 3.30. The number of methoxy groups -OCH3 is 1. The Bertz CT molecular complexity index is 669. The molecule has 7 heteroatoms. The first-order chi connectivity index (χ1) is 12.7. The summed E-state index contributed by atoms with van der Waals surface area (Å²) in [5, 5.41) is 0. The van der Waals surface area contributed by atoms with E-state index in [1.54, 1.807) is 4.90 Å². The van der Waals surface area contributed by atoms with E-state index in [1.165, 1.54) is 14.0 Å². The van der Waals surface area contributed by atoms with Crippen LogP contribution in [0.1, 0.15) is 57.9 Å². The maximum Gasteiger partial charge on any atom is 0.410 e. The lowest BCUT2D eigenvalue weighted by Crippen LogP contribution is -2.43. The standard InChI is InChI=1S/C20H29NO6/c1-7-21(19(23)27-20(3,4)5)16-14-10-8-9-11-15(14)17(26-13(2)22)18(16)25-12-24-6/h8-11,16-18H,7,12H2,1-6H3/t16-,17-,18+/m1/s1. The van der Waals surface area contributed by atoms with Crippen molar-refractivity contribution in [2.24, 2.45) is 0 Å². The van der Waals surface area contributed by atoms with Gasteiger partial charge in [-0.3, -0.25) is 9.69 Å². The number of ether oxygens (including phenoxy) is 4. The minimum atomic E-state index is -0.629. The third kappa shape index (κ3) is 4.99. The highest BCUT2D eigenvalue weighted by Crippen LogP contribution is 2.46. The van der Waals surface area contributed by atoms with E-state index < -0.39 is 35.9 Å². The SMILES string of the molecule is CCN(C(=O)OC(C)(C)C)[C@@H]1c2ccccc2[C@@H](OC(C)=O)[C@H]1OCOC. The van der Waals surface area contributed by atoms with Crippen LogP contribution in [0.15, 0.2) is 24.3 Å². The molecule has 150 valence electrons. The normalized spacial score (nSPS) is 21.5. The zero-order chi connectivity index (χ0) is 20.2. The molecule has 0 heterocycles. The fourth-order valence-corrected chi connectivity index (χ4v) is 3.30. The van der Waals surface area contributed by atoms with Crippen molar-refractivity contribution in [1.82, 2.24) is 4.90 Å². The highest BCUT2D eigenvalue weighted by Gasteiger charge is 2.48. The van der Waals surface area contributed by atoms with Gasteiger partial charge in [0.05, 0.1) is 6.04 Å². The maximum atomic E-state index is 12.8. The highest BCUT2D eigenvalue weighted by molar-refractivity contribution is 5.70. The van der Waals surface area contributed by atoms with E-state index in [1.807, 2.05) is 52.0 Å². The summed E-state index contributed by atoms with van der Waals surface area (Å²) in [7, 11) is 1.52. The number of nitrogens with zero attached hydrogens (tertiary/aromatic N) is 1. The van der Waals surface area contributed by atoms with Crippen molar-refractivity contribution >= 4 is 12.1 Å². The molecule has 0 saturated carbocycles. The van der Waals surface area contributed by atoms with E-state index in [-0.39, 0.29) is 6.79 Å². The molecule has 2 rings (SSSR count). The van der Waals surface area contributed by atoms with E-state index in [9.17, 15) is 9.59 Å². The lowest BCUT2D eigenvalue weighted by Gasteiger charge is -2.35. The molecule has 1 aliphatic carbocycles. The van der Waals surface area contributed by atoms with Gasteiger partial charge in [-0.15, -0.1) is 0 Å². The first-order valence-electron chi connectivity index (χ1n) is 9.05. The van der Waals surface area contributed by atoms with Gasteiger partial charge in [-0.05, 0) is 33.3 Å². The van der Waals surface area contributed by atoms with Crippen LogP contribution in [-0.4, -0.2) is 49.1 Å². The number of fused-ring (bicyclic) bond motifs is 1. The first kappa shape index (κ1) is 21.2. The maximum absolute atomic E-state index is 12.8. The van der Waals surface area contributed by atoms with Gasteiger partial charge in [0.15, 0.2) is 6.10 Å². The molecule has 0 N–H and O–H groups in total. The van der Waals surface area contributed by atoms with Crippen LogP contribution in [0, 0.1) is 0 Å². The Labute approximate surface area is 160 Å². The van der Waals surface area contributed by atoms with Gasteiger partial charge in [0.1, 0.15) is 18.5 Å². The molecular formula is C20H29NO6. The number of rotatable bonds is 6. The van der Waals surface area contributed by atoms with Crippen molar-refractivity contribution in [3.8, 4) is 0 Å². The lowest BCUT2D eigenvalue weighted by molar-refractivity contribution is -0.168. The number of amides is 1. The molecule has 1 aliphatic rings. The van der Waals surface area contributed by atoms with Crippen LogP contribution in [0.4, 0.5) is 4.79 Å². The van der Waals surface area contributed by atoms with Crippen molar-refractivity contribution in [3.05, 3.63) is 35.4 Å². The molecule has 1 aromatic rings. The number of carbonyl (C=O) groups is 2. The summed E-state index contributed by atoms with van der Waals surface area (Å²) < 4.78 is 22.1. The van der Waals surface area contributed by atoms with Crippen molar-refractivity contribution in [1.29, 1.82) is 0 Å². The third-order valence-electron chi connectivity index (χ3n) is 4.21. The number of carbonyl (C=O) groups excluding carboxylic acids is 2. The molecule has 7 nitrogen and oxygen atoms in total. The average molecular weight is 379 g/mol. The molecular weight excluding hydrogens is 350 g/mol. The minimum Gasteiger partial charge on any atom is -0.455 e. The fraction of sp³-hybridized carbons (Fsp3) is 0.600. The van der Waals surface area contributed by atoms with Crippen LogP contribution in [0.3, 0.4) is 0 Å². The van der Waals surface area contributed by atoms with Gasteiger partial charge < -0.3 is 18.9 Å². The van der Waals surface area contributed by atoms with Gasteiger partial charge >= 0.3 is 12.1 Å². The average Bonchev–Trinajstić information content (AvgIpc) is 2.86. The van der Waals surface area contributed by atoms with Crippen LogP contribution in [0.5, 0.6) is 0 Å². The van der Waals surface area contributed by atoms with Crippen molar-refractivity contribution in [2.75, 3.05) is 20.4 Å². The predicted octanol–water partition coefficient (Wildman–Crippen LogP) is 3.59. The number of likely N-dealkylation sites (N-methyl/N-ethyl adjacent to an activating group) is 1. The number of hydrogen-bond acceptors (Lipinski definition) is 6. The predicted molar refractivity (Wildman–Crippen MR) is 99.1 cm³/mol. The smallest absolute Gasteiger partial charge is 0.410 e. The van der Waals surface area contributed by atoms with E-state index in [4.69, 9.17) is 18.9 Å². The van der Waals surface area contributed by atoms with Crippen molar-refractivity contribution in [2.45, 2.75) is 58.5 Å². The third-order valence-corrected chi connectivity index (χ3v) is 4.21. The number of benzene rings is 1. The second kappa shape index (κ2) is 8.71. The Morgan fingerprint density at radius 1 is 1.15 bits per heavy atom. The van der Waals surface area contributed by atoms with Gasteiger partial charge in [0.25, 0.3) is 0 Å². The quantitative estimate of drug-likeness (QED) is 0.555. The zero-order valence-electron chi connectivity index (χ0n) is 16.9.